The normalized spacial score (nSPS) is 12.4. The first-order valence-corrected chi connectivity index (χ1v) is 11.0. The zero-order chi connectivity index (χ0) is 22.1. The van der Waals surface area contributed by atoms with Gasteiger partial charge in [0.1, 0.15) is 0 Å². The topological polar surface area (TPSA) is 119 Å². The highest BCUT2D eigenvalue weighted by Gasteiger charge is 2.19. The van der Waals surface area contributed by atoms with Gasteiger partial charge in [-0.3, -0.25) is 14.5 Å². The summed E-state index contributed by atoms with van der Waals surface area (Å²) in [7, 11) is -2.42. The molecule has 0 spiro atoms. The van der Waals surface area contributed by atoms with Crippen molar-refractivity contribution in [2.24, 2.45) is 11.1 Å². The van der Waals surface area contributed by atoms with Crippen molar-refractivity contribution >= 4 is 27.6 Å². The van der Waals surface area contributed by atoms with Crippen molar-refractivity contribution in [3.63, 3.8) is 0 Å². The number of benzene rings is 2. The molecule has 2 aromatic rings. The predicted octanol–water partition coefficient (Wildman–Crippen LogP) is 1.97. The molecule has 3 N–H and O–H groups in total. The minimum atomic E-state index is -3.78. The van der Waals surface area contributed by atoms with E-state index in [1.54, 1.807) is 6.92 Å². The van der Waals surface area contributed by atoms with Gasteiger partial charge in [0, 0.05) is 31.7 Å². The van der Waals surface area contributed by atoms with Crippen LogP contribution in [0.2, 0.25) is 0 Å². The molecule has 0 aliphatic heterocycles. The van der Waals surface area contributed by atoms with Crippen LogP contribution in [-0.4, -0.2) is 45.4 Å². The summed E-state index contributed by atoms with van der Waals surface area (Å²) < 4.78 is 27.4. The fourth-order valence-corrected chi connectivity index (χ4v) is 3.47. The van der Waals surface area contributed by atoms with Crippen LogP contribution in [0.3, 0.4) is 0 Å². The number of primary sulfonamides is 1. The van der Waals surface area contributed by atoms with Gasteiger partial charge in [0.25, 0.3) is 0 Å². The Bertz CT molecular complexity index is 946. The largest absolute Gasteiger partial charge is 0.469 e. The highest BCUT2D eigenvalue weighted by atomic mass is 32.2. The highest BCUT2D eigenvalue weighted by Crippen LogP contribution is 2.14. The first-order valence-electron chi connectivity index (χ1n) is 9.46. The molecule has 0 aliphatic rings. The van der Waals surface area contributed by atoms with Crippen molar-refractivity contribution in [3.05, 3.63) is 60.2 Å². The lowest BCUT2D eigenvalue weighted by Gasteiger charge is -2.24. The maximum atomic E-state index is 12.4. The Hall–Kier alpha value is -2.75. The molecule has 1 atom stereocenters. The molecule has 0 bridgehead atoms. The molecule has 0 aromatic heterocycles. The molecule has 162 valence electrons. The summed E-state index contributed by atoms with van der Waals surface area (Å²) in [5.41, 5.74) is 1.55. The number of methoxy groups -OCH3 is 1. The van der Waals surface area contributed by atoms with E-state index in [9.17, 15) is 18.0 Å². The molecule has 2 aromatic carbocycles. The number of carbonyl (C=O) groups excluding carboxylic acids is 2. The second kappa shape index (κ2) is 10.9. The number of sulfonamides is 1. The lowest BCUT2D eigenvalue weighted by Crippen LogP contribution is -2.34. The van der Waals surface area contributed by atoms with Gasteiger partial charge in [-0.05, 0) is 29.8 Å². The SMILES string of the molecule is COC(=O)C(C)CN(CCC(=O)Nc1ccc(S(N)(=O)=O)cc1)Cc1ccccc1. The van der Waals surface area contributed by atoms with Crippen LogP contribution in [0, 0.1) is 5.92 Å². The monoisotopic (exact) mass is 433 g/mol. The van der Waals surface area contributed by atoms with Crippen molar-refractivity contribution in [3.8, 4) is 0 Å². The van der Waals surface area contributed by atoms with E-state index in [0.717, 1.165) is 5.56 Å². The van der Waals surface area contributed by atoms with Crippen LogP contribution in [0.25, 0.3) is 0 Å². The van der Waals surface area contributed by atoms with Gasteiger partial charge in [0.15, 0.2) is 0 Å². The molecular weight excluding hydrogens is 406 g/mol. The van der Waals surface area contributed by atoms with Crippen molar-refractivity contribution < 1.29 is 22.7 Å². The molecule has 1 unspecified atom stereocenters. The van der Waals surface area contributed by atoms with Crippen LogP contribution in [0.1, 0.15) is 18.9 Å². The Morgan fingerprint density at radius 2 is 1.73 bits per heavy atom. The third-order valence-corrected chi connectivity index (χ3v) is 5.44. The Morgan fingerprint density at radius 1 is 1.10 bits per heavy atom. The van der Waals surface area contributed by atoms with Crippen LogP contribution in [0.15, 0.2) is 59.5 Å². The highest BCUT2D eigenvalue weighted by molar-refractivity contribution is 7.89. The Kier molecular flexibility index (Phi) is 8.52. The van der Waals surface area contributed by atoms with E-state index < -0.39 is 10.0 Å². The van der Waals surface area contributed by atoms with E-state index in [1.807, 2.05) is 35.2 Å². The number of hydrogen-bond donors (Lipinski definition) is 2. The molecule has 2 rings (SSSR count). The van der Waals surface area contributed by atoms with Gasteiger partial charge in [-0.2, -0.15) is 0 Å². The summed E-state index contributed by atoms with van der Waals surface area (Å²) in [5.74, 6) is -0.845. The Labute approximate surface area is 177 Å². The first-order chi connectivity index (χ1) is 14.2. The zero-order valence-corrected chi connectivity index (χ0v) is 17.9. The molecule has 8 nitrogen and oxygen atoms in total. The van der Waals surface area contributed by atoms with Crippen molar-refractivity contribution in [2.75, 3.05) is 25.5 Å². The maximum absolute atomic E-state index is 12.4. The molecule has 0 fully saturated rings. The van der Waals surface area contributed by atoms with E-state index >= 15 is 0 Å². The summed E-state index contributed by atoms with van der Waals surface area (Å²) >= 11 is 0. The number of nitrogens with two attached hydrogens (primary N) is 1. The van der Waals surface area contributed by atoms with E-state index in [-0.39, 0.29) is 29.1 Å². The average Bonchev–Trinajstić information content (AvgIpc) is 2.71. The van der Waals surface area contributed by atoms with E-state index in [0.29, 0.717) is 25.3 Å². The quantitative estimate of drug-likeness (QED) is 0.553. The molecule has 0 radical (unpaired) electrons. The summed E-state index contributed by atoms with van der Waals surface area (Å²) in [6, 6.07) is 15.4. The standard InChI is InChI=1S/C21H27N3O5S/c1-16(21(26)29-2)14-24(15-17-6-4-3-5-7-17)13-12-20(25)23-18-8-10-19(11-9-18)30(22,27)28/h3-11,16H,12-15H2,1-2H3,(H,23,25)(H2,22,27,28). The summed E-state index contributed by atoms with van der Waals surface area (Å²) in [6.45, 7) is 3.28. The molecule has 1 amide bonds. The van der Waals surface area contributed by atoms with Gasteiger partial charge < -0.3 is 10.1 Å². The number of ether oxygens (including phenoxy) is 1. The van der Waals surface area contributed by atoms with Crippen molar-refractivity contribution in [2.45, 2.75) is 24.8 Å². The molecule has 9 heteroatoms. The maximum Gasteiger partial charge on any atom is 0.309 e. The van der Waals surface area contributed by atoms with Gasteiger partial charge in [0.05, 0.1) is 17.9 Å². The molecule has 0 aliphatic carbocycles. The Morgan fingerprint density at radius 3 is 2.30 bits per heavy atom. The predicted molar refractivity (Wildman–Crippen MR) is 114 cm³/mol. The minimum Gasteiger partial charge on any atom is -0.469 e. The van der Waals surface area contributed by atoms with Crippen LogP contribution in [0.5, 0.6) is 0 Å². The number of carbonyl (C=O) groups is 2. The number of hydrogen-bond acceptors (Lipinski definition) is 6. The smallest absolute Gasteiger partial charge is 0.309 e. The first kappa shape index (κ1) is 23.5. The second-order valence-electron chi connectivity index (χ2n) is 7.01. The van der Waals surface area contributed by atoms with Crippen LogP contribution in [-0.2, 0) is 30.9 Å². The molecule has 0 saturated heterocycles. The fourth-order valence-electron chi connectivity index (χ4n) is 2.95. The Balaban J connectivity index is 1.97. The summed E-state index contributed by atoms with van der Waals surface area (Å²) in [6.07, 6.45) is 0.206. The number of rotatable bonds is 10. The number of anilines is 1. The molecule has 0 heterocycles. The number of nitrogens with zero attached hydrogens (tertiary/aromatic N) is 1. The lowest BCUT2D eigenvalue weighted by molar-refractivity contribution is -0.145. The zero-order valence-electron chi connectivity index (χ0n) is 17.1. The second-order valence-corrected chi connectivity index (χ2v) is 8.57. The van der Waals surface area contributed by atoms with Gasteiger partial charge in [-0.25, -0.2) is 13.6 Å². The van der Waals surface area contributed by atoms with Gasteiger partial charge in [-0.15, -0.1) is 0 Å². The average molecular weight is 434 g/mol. The van der Waals surface area contributed by atoms with Gasteiger partial charge >= 0.3 is 5.97 Å². The van der Waals surface area contributed by atoms with Crippen molar-refractivity contribution in [1.82, 2.24) is 4.90 Å². The summed E-state index contributed by atoms with van der Waals surface area (Å²) in [4.78, 5) is 26.2. The van der Waals surface area contributed by atoms with Crippen LogP contribution < -0.4 is 10.5 Å². The lowest BCUT2D eigenvalue weighted by atomic mass is 10.1. The van der Waals surface area contributed by atoms with Gasteiger partial charge in [-0.1, -0.05) is 37.3 Å². The molecule has 30 heavy (non-hydrogen) atoms. The molecule has 0 saturated carbocycles. The fraction of sp³-hybridized carbons (Fsp3) is 0.333. The van der Waals surface area contributed by atoms with Crippen LogP contribution >= 0.6 is 0 Å². The third-order valence-electron chi connectivity index (χ3n) is 4.51. The van der Waals surface area contributed by atoms with Crippen molar-refractivity contribution in [1.29, 1.82) is 0 Å². The third kappa shape index (κ3) is 7.58. The number of amides is 1. The summed E-state index contributed by atoms with van der Waals surface area (Å²) in [5, 5.41) is 7.80. The molecular formula is C21H27N3O5S. The van der Waals surface area contributed by atoms with E-state index in [4.69, 9.17) is 9.88 Å². The number of esters is 1. The van der Waals surface area contributed by atoms with Gasteiger partial charge in [0.2, 0.25) is 15.9 Å². The van der Waals surface area contributed by atoms with E-state index in [1.165, 1.54) is 31.4 Å². The minimum absolute atomic E-state index is 0.0219. The number of nitrogens with one attached hydrogen (secondary N) is 1. The van der Waals surface area contributed by atoms with E-state index in [2.05, 4.69) is 5.32 Å². The van der Waals surface area contributed by atoms with Crippen LogP contribution in [0.4, 0.5) is 5.69 Å².